The van der Waals surface area contributed by atoms with Crippen LogP contribution in [0.25, 0.3) is 33.2 Å². The van der Waals surface area contributed by atoms with Crippen molar-refractivity contribution in [3.05, 3.63) is 119 Å². The number of hydrogen-bond acceptors (Lipinski definition) is 2. The van der Waals surface area contributed by atoms with Crippen LogP contribution in [0.1, 0.15) is 33.9 Å². The van der Waals surface area contributed by atoms with Crippen LogP contribution in [0, 0.1) is 13.8 Å². The molecule has 6 rings (SSSR count). The summed E-state index contributed by atoms with van der Waals surface area (Å²) in [5, 5.41) is 0. The van der Waals surface area contributed by atoms with Crippen LogP contribution in [0.5, 0.6) is 0 Å². The molecule has 0 amide bonds. The molecule has 0 aliphatic carbocycles. The molecule has 2 N–H and O–H groups in total. The number of imidazole rings is 2. The molecule has 0 fully saturated rings. The lowest BCUT2D eigenvalue weighted by molar-refractivity contribution is 1.03. The zero-order valence-electron chi connectivity index (χ0n) is 19.4. The Morgan fingerprint density at radius 1 is 0.559 bits per heavy atom. The average molecular weight is 443 g/mol. The summed E-state index contributed by atoms with van der Waals surface area (Å²) in [7, 11) is 0. The molecule has 2 aromatic heterocycles. The lowest BCUT2D eigenvalue weighted by Gasteiger charge is -2.02. The van der Waals surface area contributed by atoms with Crippen molar-refractivity contribution in [2.45, 2.75) is 26.7 Å². The molecule has 4 nitrogen and oxygen atoms in total. The molecule has 6 aromatic rings. The van der Waals surface area contributed by atoms with Gasteiger partial charge in [0.25, 0.3) is 0 Å². The van der Waals surface area contributed by atoms with Crippen molar-refractivity contribution in [2.24, 2.45) is 0 Å². The van der Waals surface area contributed by atoms with E-state index in [-0.39, 0.29) is 0 Å². The minimum atomic E-state index is 0.806. The standard InChI is InChI=1S/C30H26N4/c1-19-7-3-5-9-21(19)17-29-31-25-13-11-23(15-27(25)33-29)24-12-14-26-28(16-24)34-30(32-26)18-22-10-6-4-8-20(22)2/h3-16H,17-18H2,1-2H3,(H,31,33)(H,32,34). The Hall–Kier alpha value is -4.18. The van der Waals surface area contributed by atoms with Crippen LogP contribution in [0.2, 0.25) is 0 Å². The molecule has 0 aliphatic heterocycles. The van der Waals surface area contributed by atoms with Gasteiger partial charge in [-0.1, -0.05) is 60.7 Å². The highest BCUT2D eigenvalue weighted by Gasteiger charge is 2.10. The van der Waals surface area contributed by atoms with Gasteiger partial charge >= 0.3 is 0 Å². The molecule has 0 bridgehead atoms. The minimum absolute atomic E-state index is 0.806. The predicted octanol–water partition coefficient (Wildman–Crippen LogP) is 6.90. The summed E-state index contributed by atoms with van der Waals surface area (Å²) in [6, 6.07) is 29.8. The maximum atomic E-state index is 4.81. The number of nitrogens with one attached hydrogen (secondary N) is 2. The van der Waals surface area contributed by atoms with Crippen molar-refractivity contribution in [3.8, 4) is 11.1 Å². The van der Waals surface area contributed by atoms with E-state index in [4.69, 9.17) is 9.97 Å². The fourth-order valence-corrected chi connectivity index (χ4v) is 4.63. The summed E-state index contributed by atoms with van der Waals surface area (Å²) in [5.74, 6) is 1.98. The molecule has 0 radical (unpaired) electrons. The minimum Gasteiger partial charge on any atom is -0.342 e. The summed E-state index contributed by atoms with van der Waals surface area (Å²) in [6.45, 7) is 4.29. The van der Waals surface area contributed by atoms with Gasteiger partial charge in [-0.25, -0.2) is 9.97 Å². The van der Waals surface area contributed by atoms with Crippen LogP contribution in [0.15, 0.2) is 84.9 Å². The van der Waals surface area contributed by atoms with Crippen molar-refractivity contribution in [1.29, 1.82) is 0 Å². The molecule has 0 aliphatic rings. The number of aromatic amines is 2. The second kappa shape index (κ2) is 8.31. The Balaban J connectivity index is 1.29. The quantitative estimate of drug-likeness (QED) is 0.305. The van der Waals surface area contributed by atoms with Crippen molar-refractivity contribution < 1.29 is 0 Å². The van der Waals surface area contributed by atoms with E-state index in [1.54, 1.807) is 0 Å². The Labute approximate surface area is 198 Å². The first-order valence-corrected chi connectivity index (χ1v) is 11.7. The van der Waals surface area contributed by atoms with E-state index in [9.17, 15) is 0 Å². The third kappa shape index (κ3) is 3.88. The van der Waals surface area contributed by atoms with Crippen molar-refractivity contribution in [3.63, 3.8) is 0 Å². The van der Waals surface area contributed by atoms with Gasteiger partial charge in [-0.3, -0.25) is 0 Å². The monoisotopic (exact) mass is 442 g/mol. The van der Waals surface area contributed by atoms with Crippen LogP contribution in [0.4, 0.5) is 0 Å². The van der Waals surface area contributed by atoms with Gasteiger partial charge < -0.3 is 9.97 Å². The maximum absolute atomic E-state index is 4.81. The SMILES string of the molecule is Cc1ccccc1Cc1nc2ccc(-c3ccc4nc(Cc5ccccc5C)[nH]c4c3)cc2[nH]1. The fraction of sp³-hybridized carbons (Fsp3) is 0.133. The van der Waals surface area contributed by atoms with E-state index in [0.717, 1.165) is 57.7 Å². The number of benzene rings is 4. The van der Waals surface area contributed by atoms with Crippen LogP contribution in [-0.2, 0) is 12.8 Å². The third-order valence-corrected chi connectivity index (χ3v) is 6.63. The van der Waals surface area contributed by atoms with Gasteiger partial charge in [-0.05, 0) is 71.5 Å². The number of rotatable bonds is 5. The number of aryl methyl sites for hydroxylation is 2. The summed E-state index contributed by atoms with van der Waals surface area (Å²) in [4.78, 5) is 16.7. The van der Waals surface area contributed by atoms with Crippen molar-refractivity contribution in [2.75, 3.05) is 0 Å². The molecule has 0 spiro atoms. The first kappa shape index (κ1) is 20.4. The highest BCUT2D eigenvalue weighted by atomic mass is 14.9. The lowest BCUT2D eigenvalue weighted by Crippen LogP contribution is -1.93. The van der Waals surface area contributed by atoms with Gasteiger partial charge in [0.1, 0.15) is 11.6 Å². The van der Waals surface area contributed by atoms with Gasteiger partial charge in [0.05, 0.1) is 22.1 Å². The fourth-order valence-electron chi connectivity index (χ4n) is 4.63. The number of H-pyrrole nitrogens is 2. The zero-order chi connectivity index (χ0) is 23.1. The van der Waals surface area contributed by atoms with E-state index < -0.39 is 0 Å². The highest BCUT2D eigenvalue weighted by molar-refractivity contribution is 5.86. The normalized spacial score (nSPS) is 11.5. The van der Waals surface area contributed by atoms with Crippen molar-refractivity contribution >= 4 is 22.1 Å². The van der Waals surface area contributed by atoms with Gasteiger partial charge in [0.15, 0.2) is 0 Å². The Bertz CT molecular complexity index is 1510. The molecular formula is C30H26N4. The third-order valence-electron chi connectivity index (χ3n) is 6.63. The summed E-state index contributed by atoms with van der Waals surface area (Å²) >= 11 is 0. The molecule has 0 atom stereocenters. The Morgan fingerprint density at radius 3 is 1.44 bits per heavy atom. The Morgan fingerprint density at radius 2 is 1.00 bits per heavy atom. The second-order valence-corrected chi connectivity index (χ2v) is 9.04. The van der Waals surface area contributed by atoms with E-state index in [1.807, 2.05) is 0 Å². The molecule has 4 heteroatoms. The van der Waals surface area contributed by atoms with E-state index in [2.05, 4.69) is 109 Å². The Kier molecular flexibility index (Phi) is 4.99. The number of nitrogens with zero attached hydrogens (tertiary/aromatic N) is 2. The predicted molar refractivity (Wildman–Crippen MR) is 139 cm³/mol. The number of aromatic nitrogens is 4. The highest BCUT2D eigenvalue weighted by Crippen LogP contribution is 2.27. The molecule has 0 saturated carbocycles. The van der Waals surface area contributed by atoms with Crippen LogP contribution in [-0.4, -0.2) is 19.9 Å². The maximum Gasteiger partial charge on any atom is 0.111 e. The smallest absolute Gasteiger partial charge is 0.111 e. The van der Waals surface area contributed by atoms with Crippen LogP contribution in [0.3, 0.4) is 0 Å². The lowest BCUT2D eigenvalue weighted by atomic mass is 10.0. The molecule has 166 valence electrons. The van der Waals surface area contributed by atoms with Gasteiger partial charge in [0, 0.05) is 12.8 Å². The molecule has 4 aromatic carbocycles. The molecule has 0 saturated heterocycles. The summed E-state index contributed by atoms with van der Waals surface area (Å²) in [5.41, 5.74) is 11.6. The van der Waals surface area contributed by atoms with Crippen LogP contribution >= 0.6 is 0 Å². The summed E-state index contributed by atoms with van der Waals surface area (Å²) < 4.78 is 0. The number of hydrogen-bond donors (Lipinski definition) is 2. The first-order chi connectivity index (χ1) is 16.6. The second-order valence-electron chi connectivity index (χ2n) is 9.04. The average Bonchev–Trinajstić information content (AvgIpc) is 3.43. The first-order valence-electron chi connectivity index (χ1n) is 11.7. The van der Waals surface area contributed by atoms with Gasteiger partial charge in [-0.15, -0.1) is 0 Å². The molecular weight excluding hydrogens is 416 g/mol. The van der Waals surface area contributed by atoms with E-state index in [0.29, 0.717) is 0 Å². The molecule has 34 heavy (non-hydrogen) atoms. The summed E-state index contributed by atoms with van der Waals surface area (Å²) in [6.07, 6.45) is 1.61. The van der Waals surface area contributed by atoms with Gasteiger partial charge in [0.2, 0.25) is 0 Å². The van der Waals surface area contributed by atoms with E-state index >= 15 is 0 Å². The molecule has 0 unspecified atom stereocenters. The van der Waals surface area contributed by atoms with Crippen molar-refractivity contribution in [1.82, 2.24) is 19.9 Å². The zero-order valence-corrected chi connectivity index (χ0v) is 19.4. The van der Waals surface area contributed by atoms with Crippen LogP contribution < -0.4 is 0 Å². The number of fused-ring (bicyclic) bond motifs is 2. The molecule has 2 heterocycles. The topological polar surface area (TPSA) is 57.4 Å². The largest absolute Gasteiger partial charge is 0.342 e. The van der Waals surface area contributed by atoms with E-state index in [1.165, 1.54) is 22.3 Å². The van der Waals surface area contributed by atoms with Gasteiger partial charge in [-0.2, -0.15) is 0 Å².